The molecule has 0 nitrogen and oxygen atoms in total. The maximum atomic E-state index is 5.65. The quantitative estimate of drug-likeness (QED) is 0.197. The Morgan fingerprint density at radius 2 is 1.33 bits per heavy atom. The molecule has 0 saturated carbocycles. The van der Waals surface area contributed by atoms with Crippen LogP contribution in [-0.2, 0) is 35.5 Å². The Bertz CT molecular complexity index is 1980. The van der Waals surface area contributed by atoms with E-state index in [1.807, 2.05) is 0 Å². The first-order valence-electron chi connectivity index (χ1n) is 16.4. The molecular formula is C42H50Cl2Zr. The van der Waals surface area contributed by atoms with Crippen molar-refractivity contribution >= 4 is 43.4 Å². The van der Waals surface area contributed by atoms with Crippen molar-refractivity contribution in [2.45, 2.75) is 90.6 Å². The van der Waals surface area contributed by atoms with E-state index in [2.05, 4.69) is 136 Å². The summed E-state index contributed by atoms with van der Waals surface area (Å²) in [5.41, 5.74) is 17.7. The van der Waals surface area contributed by atoms with Gasteiger partial charge in [0.05, 0.1) is 0 Å². The van der Waals surface area contributed by atoms with Gasteiger partial charge in [0.25, 0.3) is 0 Å². The average Bonchev–Trinajstić information content (AvgIpc) is 3.59. The van der Waals surface area contributed by atoms with Gasteiger partial charge in [0, 0.05) is 0 Å². The minimum atomic E-state index is -4.36. The van der Waals surface area contributed by atoms with Gasteiger partial charge >= 0.3 is 262 Å². The normalized spacial score (nSPS) is 20.6. The molecule has 45 heavy (non-hydrogen) atoms. The topological polar surface area (TPSA) is 0 Å². The van der Waals surface area contributed by atoms with Crippen molar-refractivity contribution in [1.82, 2.24) is 0 Å². The molecule has 4 aliphatic rings. The van der Waals surface area contributed by atoms with E-state index in [0.717, 1.165) is 10.5 Å². The Labute approximate surface area is 285 Å². The molecule has 3 heteroatoms. The molecular weight excluding hydrogens is 667 g/mol. The van der Waals surface area contributed by atoms with Gasteiger partial charge in [-0.3, -0.25) is 0 Å². The fourth-order valence-electron chi connectivity index (χ4n) is 10.6. The maximum absolute atomic E-state index is 5.65. The van der Waals surface area contributed by atoms with Crippen molar-refractivity contribution in [3.63, 3.8) is 0 Å². The molecule has 3 aromatic carbocycles. The Morgan fingerprint density at radius 3 is 1.89 bits per heavy atom. The van der Waals surface area contributed by atoms with E-state index in [1.54, 1.807) is 6.56 Å². The minimum absolute atomic E-state index is 0. The fraction of sp³-hybridized carbons (Fsp3) is 0.357. The predicted molar refractivity (Wildman–Crippen MR) is 201 cm³/mol. The Kier molecular flexibility index (Phi) is 8.18. The molecule has 0 bridgehead atoms. The van der Waals surface area contributed by atoms with Crippen LogP contribution in [0.4, 0.5) is 0 Å². The van der Waals surface area contributed by atoms with Crippen LogP contribution in [0.3, 0.4) is 0 Å². The van der Waals surface area contributed by atoms with Gasteiger partial charge in [-0.1, -0.05) is 0 Å². The Hall–Kier alpha value is -2.05. The van der Waals surface area contributed by atoms with Gasteiger partial charge in [0.1, 0.15) is 0 Å². The van der Waals surface area contributed by atoms with Gasteiger partial charge in [0.15, 0.2) is 0 Å². The summed E-state index contributed by atoms with van der Waals surface area (Å²) in [5.74, 6) is 0.419. The molecule has 0 heterocycles. The second-order valence-electron chi connectivity index (χ2n) is 15.5. The van der Waals surface area contributed by atoms with Gasteiger partial charge in [-0.2, -0.15) is 0 Å². The van der Waals surface area contributed by atoms with Crippen molar-refractivity contribution in [3.05, 3.63) is 118 Å². The molecule has 1 unspecified atom stereocenters. The van der Waals surface area contributed by atoms with E-state index in [4.69, 9.17) is 4.21 Å². The molecule has 0 aliphatic heterocycles. The van der Waals surface area contributed by atoms with Crippen LogP contribution in [0.25, 0.3) is 22.3 Å². The second-order valence-corrected chi connectivity index (χ2v) is 29.5. The Morgan fingerprint density at radius 1 is 0.756 bits per heavy atom. The number of halogens is 2. The van der Waals surface area contributed by atoms with Crippen LogP contribution in [0.15, 0.2) is 84.5 Å². The Balaban J connectivity index is 0.00000200. The predicted octanol–water partition coefficient (Wildman–Crippen LogP) is 11.6. The number of fused-ring (bicyclic) bond motifs is 5. The van der Waals surface area contributed by atoms with Gasteiger partial charge in [0.2, 0.25) is 0 Å². The molecule has 0 amide bonds. The summed E-state index contributed by atoms with van der Waals surface area (Å²) in [5, 5.41) is 0. The number of hydrogen-bond acceptors (Lipinski definition) is 0. The summed E-state index contributed by atoms with van der Waals surface area (Å²) in [6, 6.07) is 21.7. The van der Waals surface area contributed by atoms with Crippen LogP contribution >= 0.6 is 24.8 Å². The van der Waals surface area contributed by atoms with E-state index in [-0.39, 0.29) is 35.6 Å². The molecule has 3 aromatic rings. The van der Waals surface area contributed by atoms with Crippen molar-refractivity contribution in [2.75, 3.05) is 0 Å². The van der Waals surface area contributed by atoms with Gasteiger partial charge in [-0.05, 0) is 0 Å². The average molecular weight is 717 g/mol. The SMILES string of the molecule is Cl.Cl.[CH2]=[Zr]([CH2]C)([C]1=C(C)C(C)=CC1C)([C]1=C(C)c2cc3c(cc2C1(C)C)Cc1cc2c(cc1-3)C(C)=CC2(C)C)[c]1ccccc1. The third kappa shape index (κ3) is 4.29. The standard InChI is InChI=1S/C25H25.C8H11.C6H5.C2H5.CH2.2ClH.Zr/c1-14-12-24(3,4)22-8-16-7-17-9-23-19(15(2)13-25(23,5)6)11-21(17)20(16)10-18(14)22;1-6-4-7(2)8(3)5-6;1-2-4-6-5-3-1;1-2;;;;/h8-12H,7H2,1-6H3;4,6H,1-3H3;1-5H;1H2,2H3;1H2;2*1H;. The molecule has 4 aliphatic carbocycles. The summed E-state index contributed by atoms with van der Waals surface area (Å²) < 4.78 is 11.6. The zero-order valence-corrected chi connectivity index (χ0v) is 33.0. The molecule has 0 aromatic heterocycles. The zero-order chi connectivity index (χ0) is 30.9. The van der Waals surface area contributed by atoms with E-state index < -0.39 is 18.3 Å². The first-order chi connectivity index (χ1) is 20.1. The van der Waals surface area contributed by atoms with Crippen LogP contribution in [-0.4, -0.2) is 4.21 Å². The van der Waals surface area contributed by atoms with Crippen molar-refractivity contribution in [2.24, 2.45) is 5.92 Å². The van der Waals surface area contributed by atoms with Crippen molar-refractivity contribution in [3.8, 4) is 11.1 Å². The van der Waals surface area contributed by atoms with Crippen LogP contribution in [0, 0.1) is 5.92 Å². The van der Waals surface area contributed by atoms with Crippen LogP contribution < -0.4 is 3.27 Å². The first kappa shape index (κ1) is 34.3. The van der Waals surface area contributed by atoms with Crippen LogP contribution in [0.1, 0.15) is 103 Å². The second kappa shape index (κ2) is 10.7. The summed E-state index contributed by atoms with van der Waals surface area (Å²) in [7, 11) is 0. The van der Waals surface area contributed by atoms with Crippen LogP contribution in [0.2, 0.25) is 4.13 Å². The number of rotatable bonds is 4. The summed E-state index contributed by atoms with van der Waals surface area (Å²) in [6.45, 7) is 24.1. The van der Waals surface area contributed by atoms with Crippen LogP contribution in [0.5, 0.6) is 0 Å². The van der Waals surface area contributed by atoms with Gasteiger partial charge in [-0.25, -0.2) is 0 Å². The fourth-order valence-corrected chi connectivity index (χ4v) is 30.2. The monoisotopic (exact) mass is 714 g/mol. The molecule has 7 rings (SSSR count). The summed E-state index contributed by atoms with van der Waals surface area (Å²) >= 11 is -4.36. The van der Waals surface area contributed by atoms with Gasteiger partial charge < -0.3 is 0 Å². The molecule has 0 radical (unpaired) electrons. The third-order valence-corrected chi connectivity index (χ3v) is 31.1. The van der Waals surface area contributed by atoms with Gasteiger partial charge in [-0.15, -0.1) is 24.8 Å². The van der Waals surface area contributed by atoms with E-state index >= 15 is 0 Å². The first-order valence-corrected chi connectivity index (χ1v) is 23.6. The van der Waals surface area contributed by atoms with Crippen molar-refractivity contribution in [1.29, 1.82) is 0 Å². The van der Waals surface area contributed by atoms with E-state index in [9.17, 15) is 0 Å². The molecule has 0 N–H and O–H groups in total. The summed E-state index contributed by atoms with van der Waals surface area (Å²) in [4.78, 5) is 0. The van der Waals surface area contributed by atoms with E-state index in [1.165, 1.54) is 70.1 Å². The molecule has 1 atom stereocenters. The number of allylic oxidation sites excluding steroid dienone is 8. The van der Waals surface area contributed by atoms with E-state index in [0.29, 0.717) is 5.92 Å². The molecule has 0 fully saturated rings. The molecule has 0 spiro atoms. The molecule has 0 saturated heterocycles. The number of benzene rings is 3. The number of hydrogen-bond donors (Lipinski definition) is 0. The molecule has 236 valence electrons. The summed E-state index contributed by atoms with van der Waals surface area (Å²) in [6.07, 6.45) is 5.99. The third-order valence-electron chi connectivity index (χ3n) is 12.4. The van der Waals surface area contributed by atoms with Crippen molar-refractivity contribution < 1.29 is 18.3 Å². The zero-order valence-electron chi connectivity index (χ0n) is 28.9.